The lowest BCUT2D eigenvalue weighted by Gasteiger charge is -2.48. The number of para-hydroxylation sites is 1. The van der Waals surface area contributed by atoms with Gasteiger partial charge in [-0.15, -0.1) is 0 Å². The number of methoxy groups -OCH3 is 1. The first-order valence-electron chi connectivity index (χ1n) is 9.65. The van der Waals surface area contributed by atoms with Crippen LogP contribution >= 0.6 is 0 Å². The Morgan fingerprint density at radius 3 is 3.00 bits per heavy atom. The lowest BCUT2D eigenvalue weighted by molar-refractivity contribution is -0.139. The van der Waals surface area contributed by atoms with Gasteiger partial charge >= 0.3 is 5.97 Å². The second kappa shape index (κ2) is 5.83. The van der Waals surface area contributed by atoms with Crippen LogP contribution in [0.3, 0.4) is 0 Å². The fourth-order valence-electron chi connectivity index (χ4n) is 5.77. The van der Waals surface area contributed by atoms with Gasteiger partial charge in [-0.3, -0.25) is 9.69 Å². The molecule has 0 aromatic heterocycles. The minimum atomic E-state index is -0.523. The van der Waals surface area contributed by atoms with Crippen LogP contribution in [-0.4, -0.2) is 49.1 Å². The summed E-state index contributed by atoms with van der Waals surface area (Å²) >= 11 is 0. The monoisotopic (exact) mass is 368 g/mol. The van der Waals surface area contributed by atoms with Crippen molar-refractivity contribution in [3.63, 3.8) is 0 Å². The molecule has 2 saturated heterocycles. The van der Waals surface area contributed by atoms with Crippen LogP contribution in [0.15, 0.2) is 36.1 Å². The van der Waals surface area contributed by atoms with E-state index < -0.39 is 5.41 Å². The first-order valence-corrected chi connectivity index (χ1v) is 9.65. The highest BCUT2D eigenvalue weighted by molar-refractivity contribution is 6.07. The molecule has 0 saturated carbocycles. The average Bonchev–Trinajstić information content (AvgIpc) is 3.20. The molecule has 5 atom stereocenters. The van der Waals surface area contributed by atoms with Crippen LogP contribution in [-0.2, 0) is 24.5 Å². The minimum absolute atomic E-state index is 0.0468. The molecule has 0 radical (unpaired) electrons. The molecule has 142 valence electrons. The Balaban J connectivity index is 1.55. The normalized spacial score (nSPS) is 37.0. The van der Waals surface area contributed by atoms with E-state index in [-0.39, 0.29) is 35.9 Å². The van der Waals surface area contributed by atoms with Crippen molar-refractivity contribution >= 4 is 17.6 Å². The molecule has 1 spiro atoms. The Kier molecular flexibility index (Phi) is 3.63. The molecule has 4 heterocycles. The number of esters is 1. The Labute approximate surface area is 158 Å². The molecule has 0 unspecified atom stereocenters. The molecule has 2 fully saturated rings. The van der Waals surface area contributed by atoms with Crippen molar-refractivity contribution in [2.24, 2.45) is 11.8 Å². The summed E-state index contributed by atoms with van der Waals surface area (Å²) < 4.78 is 10.8. The number of carbonyl (C=O) groups excluding carboxylic acids is 2. The molecular formula is C21H24N2O4. The highest BCUT2D eigenvalue weighted by Gasteiger charge is 2.61. The van der Waals surface area contributed by atoms with Gasteiger partial charge in [-0.05, 0) is 37.9 Å². The molecule has 1 aromatic rings. The summed E-state index contributed by atoms with van der Waals surface area (Å²) in [7, 11) is 1.41. The summed E-state index contributed by atoms with van der Waals surface area (Å²) in [5.74, 6) is 0.0558. The lowest BCUT2D eigenvalue weighted by atomic mass is 9.66. The maximum Gasteiger partial charge on any atom is 0.337 e. The first kappa shape index (κ1) is 16.8. The molecule has 4 aliphatic rings. The van der Waals surface area contributed by atoms with E-state index in [4.69, 9.17) is 9.47 Å². The number of amides is 1. The van der Waals surface area contributed by atoms with Gasteiger partial charge in [-0.1, -0.05) is 18.2 Å². The summed E-state index contributed by atoms with van der Waals surface area (Å²) in [6.45, 7) is 3.79. The zero-order chi connectivity index (χ0) is 18.8. The molecule has 4 aliphatic heterocycles. The van der Waals surface area contributed by atoms with E-state index >= 15 is 0 Å². The number of fused-ring (bicyclic) bond motifs is 5. The van der Waals surface area contributed by atoms with Crippen LogP contribution in [0.4, 0.5) is 5.69 Å². The lowest BCUT2D eigenvalue weighted by Crippen LogP contribution is -2.56. The Hall–Kier alpha value is -2.34. The fourth-order valence-corrected chi connectivity index (χ4v) is 5.77. The van der Waals surface area contributed by atoms with Gasteiger partial charge in [0.25, 0.3) is 0 Å². The van der Waals surface area contributed by atoms with Crippen LogP contribution in [0.2, 0.25) is 0 Å². The highest BCUT2D eigenvalue weighted by atomic mass is 16.5. The maximum absolute atomic E-state index is 13.1. The third kappa shape index (κ3) is 2.16. The van der Waals surface area contributed by atoms with Crippen molar-refractivity contribution < 1.29 is 19.1 Å². The number of anilines is 1. The standard InChI is InChI=1S/C21H24N2O4/c1-12-14-10-23-8-7-21(16-5-3-4-6-17(16)22-20(21)25)18(23)9-13(14)15(11-27-12)19(24)26-2/h3-6,11-14,18H,7-10H2,1-2H3,(H,22,25)/t12-,13+,14+,18-,21-/m1/s1. The Morgan fingerprint density at radius 2 is 2.19 bits per heavy atom. The number of piperidine rings is 1. The molecule has 0 aliphatic carbocycles. The van der Waals surface area contributed by atoms with E-state index in [0.717, 1.165) is 37.2 Å². The molecule has 1 aromatic carbocycles. The predicted molar refractivity (Wildman–Crippen MR) is 99.0 cm³/mol. The average molecular weight is 368 g/mol. The molecule has 1 N–H and O–H groups in total. The smallest absolute Gasteiger partial charge is 0.337 e. The number of ether oxygens (including phenoxy) is 2. The number of hydrogen-bond donors (Lipinski definition) is 1. The molecule has 6 heteroatoms. The van der Waals surface area contributed by atoms with E-state index in [1.807, 2.05) is 18.2 Å². The minimum Gasteiger partial charge on any atom is -0.497 e. The zero-order valence-corrected chi connectivity index (χ0v) is 15.6. The van der Waals surface area contributed by atoms with Crippen LogP contribution in [0.1, 0.15) is 25.3 Å². The van der Waals surface area contributed by atoms with E-state index in [9.17, 15) is 9.59 Å². The summed E-state index contributed by atoms with van der Waals surface area (Å²) in [6, 6.07) is 8.10. The number of nitrogens with zero attached hydrogens (tertiary/aromatic N) is 1. The van der Waals surface area contributed by atoms with Gasteiger partial charge in [0.2, 0.25) is 5.91 Å². The molecule has 0 bridgehead atoms. The molecular weight excluding hydrogens is 344 g/mol. The Morgan fingerprint density at radius 1 is 1.37 bits per heavy atom. The fraction of sp³-hybridized carbons (Fsp3) is 0.524. The number of benzene rings is 1. The van der Waals surface area contributed by atoms with Gasteiger partial charge in [0.15, 0.2) is 0 Å². The molecule has 5 rings (SSSR count). The van der Waals surface area contributed by atoms with Crippen LogP contribution in [0, 0.1) is 11.8 Å². The topological polar surface area (TPSA) is 67.9 Å². The third-order valence-electron chi connectivity index (χ3n) is 7.14. The summed E-state index contributed by atoms with van der Waals surface area (Å²) in [4.78, 5) is 27.9. The quantitative estimate of drug-likeness (QED) is 0.769. The van der Waals surface area contributed by atoms with Gasteiger partial charge in [0.1, 0.15) is 0 Å². The van der Waals surface area contributed by atoms with Gasteiger partial charge < -0.3 is 14.8 Å². The second-order valence-electron chi connectivity index (χ2n) is 8.14. The van der Waals surface area contributed by atoms with E-state index in [1.54, 1.807) is 6.26 Å². The third-order valence-corrected chi connectivity index (χ3v) is 7.14. The SMILES string of the molecule is COC(=O)C1=CO[C@H](C)[C@@H]2CN3CC[C@]4(C(=O)Nc5ccccc54)[C@H]3C[C@H]12. The number of hydrogen-bond acceptors (Lipinski definition) is 5. The van der Waals surface area contributed by atoms with Crippen molar-refractivity contribution in [3.05, 3.63) is 41.7 Å². The van der Waals surface area contributed by atoms with Gasteiger partial charge in [-0.25, -0.2) is 4.79 Å². The summed E-state index contributed by atoms with van der Waals surface area (Å²) in [5, 5.41) is 3.09. The first-order chi connectivity index (χ1) is 13.1. The Bertz CT molecular complexity index is 850. The summed E-state index contributed by atoms with van der Waals surface area (Å²) in [6.07, 6.45) is 3.20. The van der Waals surface area contributed by atoms with Crippen molar-refractivity contribution in [3.8, 4) is 0 Å². The van der Waals surface area contributed by atoms with Gasteiger partial charge in [-0.2, -0.15) is 0 Å². The highest BCUT2D eigenvalue weighted by Crippen LogP contribution is 2.53. The zero-order valence-electron chi connectivity index (χ0n) is 15.6. The van der Waals surface area contributed by atoms with Crippen LogP contribution < -0.4 is 5.32 Å². The van der Waals surface area contributed by atoms with Crippen LogP contribution in [0.25, 0.3) is 0 Å². The van der Waals surface area contributed by atoms with E-state index in [2.05, 4.69) is 23.2 Å². The number of carbonyl (C=O) groups is 2. The van der Waals surface area contributed by atoms with Crippen molar-refractivity contribution in [2.75, 3.05) is 25.5 Å². The maximum atomic E-state index is 13.1. The van der Waals surface area contributed by atoms with Gasteiger partial charge in [0, 0.05) is 30.1 Å². The molecule has 27 heavy (non-hydrogen) atoms. The number of rotatable bonds is 1. The van der Waals surface area contributed by atoms with Gasteiger partial charge in [0.05, 0.1) is 30.5 Å². The van der Waals surface area contributed by atoms with E-state index in [0.29, 0.717) is 5.57 Å². The second-order valence-corrected chi connectivity index (χ2v) is 8.14. The molecule has 6 nitrogen and oxygen atoms in total. The van der Waals surface area contributed by atoms with Crippen LogP contribution in [0.5, 0.6) is 0 Å². The van der Waals surface area contributed by atoms with Crippen molar-refractivity contribution in [1.82, 2.24) is 4.90 Å². The summed E-state index contributed by atoms with van der Waals surface area (Å²) in [5.41, 5.74) is 2.11. The largest absolute Gasteiger partial charge is 0.497 e. The van der Waals surface area contributed by atoms with Crippen molar-refractivity contribution in [2.45, 2.75) is 37.3 Å². The predicted octanol–water partition coefficient (Wildman–Crippen LogP) is 2.06. The molecule has 1 amide bonds. The van der Waals surface area contributed by atoms with E-state index in [1.165, 1.54) is 7.11 Å². The number of nitrogens with one attached hydrogen (secondary N) is 1. The van der Waals surface area contributed by atoms with Crippen molar-refractivity contribution in [1.29, 1.82) is 0 Å².